The fraction of sp³-hybridized carbons (Fsp3) is 0.950. The van der Waals surface area contributed by atoms with Gasteiger partial charge in [0.1, 0.15) is 6.61 Å². The molecule has 0 bridgehead atoms. The van der Waals surface area contributed by atoms with Gasteiger partial charge in [-0.2, -0.15) is 0 Å². The van der Waals surface area contributed by atoms with Crippen molar-refractivity contribution >= 4 is 19.8 Å². The highest BCUT2D eigenvalue weighted by atomic mass is 31.2. The summed E-state index contributed by atoms with van der Waals surface area (Å²) < 4.78 is 32.7. The normalized spacial score (nSPS) is 13.3. The van der Waals surface area contributed by atoms with Gasteiger partial charge in [-0.1, -0.05) is 187 Å². The van der Waals surface area contributed by atoms with Crippen LogP contribution in [0.5, 0.6) is 0 Å². The summed E-state index contributed by atoms with van der Waals surface area (Å²) in [6, 6.07) is 0. The molecule has 0 saturated carbocycles. The fourth-order valence-electron chi connectivity index (χ4n) is 6.11. The predicted molar refractivity (Wildman–Crippen MR) is 206 cm³/mol. The number of esters is 2. The SMILES string of the molecule is CCCCCCCCCCCCCCCCCCC(=O)OC[C@H](COP(=O)(O)OCCN)OC(=O)CCCCCCCCCCCCCCC. The Labute approximate surface area is 307 Å². The first-order valence-electron chi connectivity index (χ1n) is 21.0. The number of unbranched alkanes of at least 4 members (excludes halogenated alkanes) is 27. The lowest BCUT2D eigenvalue weighted by Crippen LogP contribution is -2.29. The lowest BCUT2D eigenvalue weighted by Gasteiger charge is -2.19. The second-order valence-corrected chi connectivity index (χ2v) is 15.7. The molecule has 0 radical (unpaired) electrons. The number of nitrogens with two attached hydrogens (primary N) is 1. The minimum Gasteiger partial charge on any atom is -0.462 e. The third-order valence-corrected chi connectivity index (χ3v) is 10.2. The summed E-state index contributed by atoms with van der Waals surface area (Å²) in [5, 5.41) is 0. The van der Waals surface area contributed by atoms with Gasteiger partial charge in [0.25, 0.3) is 0 Å². The Morgan fingerprint density at radius 2 is 0.860 bits per heavy atom. The zero-order valence-corrected chi connectivity index (χ0v) is 33.6. The minimum atomic E-state index is -4.36. The van der Waals surface area contributed by atoms with Crippen molar-refractivity contribution in [2.24, 2.45) is 5.73 Å². The summed E-state index contributed by atoms with van der Waals surface area (Å²) >= 11 is 0. The number of hydrogen-bond acceptors (Lipinski definition) is 8. The molecular weight excluding hydrogens is 653 g/mol. The van der Waals surface area contributed by atoms with Gasteiger partial charge in [0.05, 0.1) is 13.2 Å². The number of rotatable bonds is 40. The van der Waals surface area contributed by atoms with Crippen LogP contribution in [0, 0.1) is 0 Å². The summed E-state index contributed by atoms with van der Waals surface area (Å²) in [7, 11) is -4.36. The quantitative estimate of drug-likeness (QED) is 0.0358. The van der Waals surface area contributed by atoms with E-state index in [9.17, 15) is 19.0 Å². The van der Waals surface area contributed by atoms with Crippen LogP contribution in [0.25, 0.3) is 0 Å². The van der Waals surface area contributed by atoms with Crippen molar-refractivity contribution in [2.75, 3.05) is 26.4 Å². The first kappa shape index (κ1) is 49.0. The molecule has 0 aromatic rings. The Morgan fingerprint density at radius 1 is 0.520 bits per heavy atom. The molecule has 0 spiro atoms. The average Bonchev–Trinajstić information content (AvgIpc) is 3.10. The van der Waals surface area contributed by atoms with E-state index in [0.29, 0.717) is 6.42 Å². The molecule has 0 aliphatic carbocycles. The van der Waals surface area contributed by atoms with Gasteiger partial charge in [0, 0.05) is 19.4 Å². The van der Waals surface area contributed by atoms with Crippen molar-refractivity contribution in [1.29, 1.82) is 0 Å². The summed E-state index contributed by atoms with van der Waals surface area (Å²) in [6.45, 7) is 3.76. The van der Waals surface area contributed by atoms with Crippen LogP contribution in [-0.4, -0.2) is 49.3 Å². The Morgan fingerprint density at radius 3 is 1.22 bits per heavy atom. The van der Waals surface area contributed by atoms with Crippen LogP contribution < -0.4 is 5.73 Å². The zero-order valence-electron chi connectivity index (χ0n) is 32.7. The third kappa shape index (κ3) is 36.8. The summed E-state index contributed by atoms with van der Waals surface area (Å²) in [5.74, 6) is -0.814. The molecule has 0 aliphatic rings. The zero-order chi connectivity index (χ0) is 36.8. The number of carbonyl (C=O) groups is 2. The molecule has 9 nitrogen and oxygen atoms in total. The van der Waals surface area contributed by atoms with Crippen LogP contribution in [-0.2, 0) is 32.7 Å². The Kier molecular flexibility index (Phi) is 37.0. The largest absolute Gasteiger partial charge is 0.472 e. The molecule has 0 aliphatic heterocycles. The van der Waals surface area contributed by atoms with Gasteiger partial charge in [0.2, 0.25) is 0 Å². The van der Waals surface area contributed by atoms with Crippen molar-refractivity contribution in [3.05, 3.63) is 0 Å². The van der Waals surface area contributed by atoms with E-state index in [1.165, 1.54) is 148 Å². The molecular formula is C40H80NO8P. The maximum Gasteiger partial charge on any atom is 0.472 e. The van der Waals surface area contributed by atoms with E-state index in [1.54, 1.807) is 0 Å². The lowest BCUT2D eigenvalue weighted by atomic mass is 10.0. The molecule has 50 heavy (non-hydrogen) atoms. The summed E-state index contributed by atoms with van der Waals surface area (Å²) in [4.78, 5) is 34.8. The van der Waals surface area contributed by atoms with Crippen molar-refractivity contribution in [1.82, 2.24) is 0 Å². The molecule has 0 saturated heterocycles. The number of carbonyl (C=O) groups excluding carboxylic acids is 2. The molecule has 3 N–H and O–H groups in total. The van der Waals surface area contributed by atoms with Crippen LogP contribution in [0.4, 0.5) is 0 Å². The van der Waals surface area contributed by atoms with Gasteiger partial charge in [-0.25, -0.2) is 4.57 Å². The standard InChI is InChI=1S/C40H80NO8P/c1-3-5-7-9-11-13-15-17-18-19-21-22-24-26-28-30-32-39(42)46-36-38(37-48-50(44,45)47-35-34-41)49-40(43)33-31-29-27-25-23-20-16-14-12-10-8-6-4-2/h38H,3-37,41H2,1-2H3,(H,44,45)/t38-/m1/s1. The maximum atomic E-state index is 12.5. The van der Waals surface area contributed by atoms with Crippen molar-refractivity contribution < 1.29 is 37.6 Å². The van der Waals surface area contributed by atoms with Crippen LogP contribution >= 0.6 is 7.82 Å². The van der Waals surface area contributed by atoms with Crippen LogP contribution in [0.15, 0.2) is 0 Å². The van der Waals surface area contributed by atoms with E-state index < -0.39 is 26.5 Å². The van der Waals surface area contributed by atoms with E-state index in [-0.39, 0.29) is 38.6 Å². The van der Waals surface area contributed by atoms with Gasteiger partial charge in [-0.05, 0) is 12.8 Å². The van der Waals surface area contributed by atoms with Gasteiger partial charge in [-0.3, -0.25) is 18.6 Å². The molecule has 0 fully saturated rings. The molecule has 10 heteroatoms. The smallest absolute Gasteiger partial charge is 0.462 e. The molecule has 0 heterocycles. The Hall–Kier alpha value is -0.990. The van der Waals surface area contributed by atoms with E-state index in [4.69, 9.17) is 24.3 Å². The summed E-state index contributed by atoms with van der Waals surface area (Å²) in [6.07, 6.45) is 35.5. The van der Waals surface area contributed by atoms with E-state index in [0.717, 1.165) is 32.1 Å². The topological polar surface area (TPSA) is 134 Å². The van der Waals surface area contributed by atoms with Gasteiger partial charge in [0.15, 0.2) is 6.10 Å². The first-order valence-corrected chi connectivity index (χ1v) is 22.5. The highest BCUT2D eigenvalue weighted by Crippen LogP contribution is 2.43. The number of hydrogen-bond donors (Lipinski definition) is 2. The number of phosphoric acid groups is 1. The second kappa shape index (κ2) is 37.8. The van der Waals surface area contributed by atoms with E-state index >= 15 is 0 Å². The second-order valence-electron chi connectivity index (χ2n) is 14.2. The maximum absolute atomic E-state index is 12.5. The molecule has 0 rings (SSSR count). The van der Waals surface area contributed by atoms with Crippen LogP contribution in [0.3, 0.4) is 0 Å². The monoisotopic (exact) mass is 734 g/mol. The molecule has 298 valence electrons. The predicted octanol–water partition coefficient (Wildman–Crippen LogP) is 11.7. The molecule has 0 amide bonds. The Balaban J connectivity index is 4.11. The van der Waals surface area contributed by atoms with Crippen LogP contribution in [0.2, 0.25) is 0 Å². The van der Waals surface area contributed by atoms with Crippen molar-refractivity contribution in [2.45, 2.75) is 219 Å². The number of phosphoric ester groups is 1. The average molecular weight is 734 g/mol. The Bertz CT molecular complexity index is 799. The third-order valence-electron chi connectivity index (χ3n) is 9.24. The van der Waals surface area contributed by atoms with Gasteiger partial charge >= 0.3 is 19.8 Å². The highest BCUT2D eigenvalue weighted by Gasteiger charge is 2.26. The number of ether oxygens (including phenoxy) is 2. The van der Waals surface area contributed by atoms with Crippen molar-refractivity contribution in [3.8, 4) is 0 Å². The summed E-state index contributed by atoms with van der Waals surface area (Å²) in [5.41, 5.74) is 5.34. The van der Waals surface area contributed by atoms with Crippen molar-refractivity contribution in [3.63, 3.8) is 0 Å². The first-order chi connectivity index (χ1) is 24.3. The van der Waals surface area contributed by atoms with Gasteiger partial charge < -0.3 is 20.1 Å². The fourth-order valence-corrected chi connectivity index (χ4v) is 6.87. The van der Waals surface area contributed by atoms with E-state index in [2.05, 4.69) is 13.8 Å². The van der Waals surface area contributed by atoms with Gasteiger partial charge in [-0.15, -0.1) is 0 Å². The molecule has 1 unspecified atom stereocenters. The molecule has 0 aromatic carbocycles. The molecule has 2 atom stereocenters. The van der Waals surface area contributed by atoms with Crippen LogP contribution in [0.1, 0.15) is 213 Å². The molecule has 0 aromatic heterocycles. The van der Waals surface area contributed by atoms with E-state index in [1.807, 2.05) is 0 Å². The highest BCUT2D eigenvalue weighted by molar-refractivity contribution is 7.47. The minimum absolute atomic E-state index is 0.0580. The lowest BCUT2D eigenvalue weighted by molar-refractivity contribution is -0.161.